The van der Waals surface area contributed by atoms with Crippen molar-refractivity contribution in [3.8, 4) is 0 Å². The summed E-state index contributed by atoms with van der Waals surface area (Å²) in [4.78, 5) is 0.184. The van der Waals surface area contributed by atoms with Crippen LogP contribution in [0, 0.1) is 11.6 Å². The van der Waals surface area contributed by atoms with E-state index >= 15 is 0 Å². The fourth-order valence-electron chi connectivity index (χ4n) is 1.82. The lowest BCUT2D eigenvalue weighted by Crippen LogP contribution is -2.30. The number of benzene rings is 1. The van der Waals surface area contributed by atoms with E-state index in [1.165, 1.54) is 18.4 Å². The SMILES string of the molecule is CC(c1cccs1)N(C)S(=O)(=O)c1ccc(F)c(N)c1F. The van der Waals surface area contributed by atoms with Crippen molar-refractivity contribution >= 4 is 27.0 Å². The van der Waals surface area contributed by atoms with Gasteiger partial charge in [-0.25, -0.2) is 17.2 Å². The molecule has 0 saturated carbocycles. The largest absolute Gasteiger partial charge is 0.394 e. The molecular weight excluding hydrogens is 318 g/mol. The van der Waals surface area contributed by atoms with E-state index in [0.29, 0.717) is 0 Å². The van der Waals surface area contributed by atoms with Gasteiger partial charge in [-0.1, -0.05) is 6.07 Å². The van der Waals surface area contributed by atoms with Crippen LogP contribution in [0.15, 0.2) is 34.5 Å². The average Bonchev–Trinajstić information content (AvgIpc) is 2.97. The first-order valence-corrected chi connectivity index (χ1v) is 8.33. The van der Waals surface area contributed by atoms with Crippen molar-refractivity contribution in [3.63, 3.8) is 0 Å². The van der Waals surface area contributed by atoms with Gasteiger partial charge in [0.05, 0.1) is 6.04 Å². The third-order valence-corrected chi connectivity index (χ3v) is 6.24. The van der Waals surface area contributed by atoms with Crippen molar-refractivity contribution in [1.82, 2.24) is 4.31 Å². The molecule has 0 amide bonds. The summed E-state index contributed by atoms with van der Waals surface area (Å²) in [6, 6.07) is 4.84. The first-order chi connectivity index (χ1) is 9.76. The van der Waals surface area contributed by atoms with Gasteiger partial charge in [0.2, 0.25) is 10.0 Å². The van der Waals surface area contributed by atoms with Crippen LogP contribution in [0.4, 0.5) is 14.5 Å². The molecule has 2 rings (SSSR count). The highest BCUT2D eigenvalue weighted by Gasteiger charge is 2.30. The molecular formula is C13H14F2N2O2S2. The Balaban J connectivity index is 2.45. The molecule has 114 valence electrons. The number of hydrogen-bond donors (Lipinski definition) is 1. The Morgan fingerprint density at radius 1 is 1.29 bits per heavy atom. The Kier molecular flexibility index (Phi) is 4.31. The molecule has 1 atom stereocenters. The van der Waals surface area contributed by atoms with E-state index in [9.17, 15) is 17.2 Å². The van der Waals surface area contributed by atoms with Gasteiger partial charge in [-0.3, -0.25) is 0 Å². The van der Waals surface area contributed by atoms with E-state index in [-0.39, 0.29) is 0 Å². The number of halogens is 2. The van der Waals surface area contributed by atoms with Crippen LogP contribution in [-0.2, 0) is 10.0 Å². The molecule has 2 aromatic rings. The maximum atomic E-state index is 14.0. The van der Waals surface area contributed by atoms with Crippen LogP contribution in [0.2, 0.25) is 0 Å². The number of thiophene rings is 1. The minimum absolute atomic E-state index is 0.472. The summed E-state index contributed by atoms with van der Waals surface area (Å²) >= 11 is 1.40. The van der Waals surface area contributed by atoms with E-state index in [2.05, 4.69) is 0 Å². The molecule has 1 aromatic heterocycles. The quantitative estimate of drug-likeness (QED) is 0.876. The molecule has 1 unspecified atom stereocenters. The lowest BCUT2D eigenvalue weighted by atomic mass is 10.3. The van der Waals surface area contributed by atoms with Crippen LogP contribution in [0.5, 0.6) is 0 Å². The van der Waals surface area contributed by atoms with Crippen molar-refractivity contribution in [2.24, 2.45) is 0 Å². The molecule has 0 aliphatic heterocycles. The molecule has 1 heterocycles. The average molecular weight is 332 g/mol. The molecule has 0 aliphatic rings. The van der Waals surface area contributed by atoms with Crippen LogP contribution in [0.3, 0.4) is 0 Å². The first kappa shape index (κ1) is 15.9. The predicted octanol–water partition coefficient (Wildman–Crippen LogP) is 2.99. The van der Waals surface area contributed by atoms with Gasteiger partial charge < -0.3 is 5.73 Å². The van der Waals surface area contributed by atoms with Gasteiger partial charge in [-0.15, -0.1) is 11.3 Å². The standard InChI is InChI=1S/C13H14F2N2O2S2/c1-8(10-4-3-7-20-10)17(2)21(18,19)11-6-5-9(14)13(16)12(11)15/h3-8H,16H2,1-2H3. The third-order valence-electron chi connectivity index (χ3n) is 3.25. The second kappa shape index (κ2) is 5.70. The summed E-state index contributed by atoms with van der Waals surface area (Å²) in [7, 11) is -2.77. The Hall–Kier alpha value is -1.51. The van der Waals surface area contributed by atoms with Crippen LogP contribution in [0.1, 0.15) is 17.8 Å². The normalized spacial score (nSPS) is 13.6. The summed E-state index contributed by atoms with van der Waals surface area (Å²) in [5, 5.41) is 1.82. The molecule has 0 bridgehead atoms. The molecule has 0 aliphatic carbocycles. The van der Waals surface area contributed by atoms with Crippen molar-refractivity contribution < 1.29 is 17.2 Å². The Morgan fingerprint density at radius 3 is 2.52 bits per heavy atom. The molecule has 4 nitrogen and oxygen atoms in total. The van der Waals surface area contributed by atoms with E-state index in [1.54, 1.807) is 19.1 Å². The molecule has 0 saturated heterocycles. The van der Waals surface area contributed by atoms with E-state index in [1.807, 2.05) is 5.38 Å². The molecule has 0 spiro atoms. The molecule has 2 N–H and O–H groups in total. The van der Waals surface area contributed by atoms with E-state index in [4.69, 9.17) is 5.73 Å². The minimum atomic E-state index is -4.12. The van der Waals surface area contributed by atoms with Crippen molar-refractivity contribution in [2.75, 3.05) is 12.8 Å². The lowest BCUT2D eigenvalue weighted by Gasteiger charge is -2.24. The summed E-state index contributed by atoms with van der Waals surface area (Å²) in [6.07, 6.45) is 0. The van der Waals surface area contributed by atoms with Gasteiger partial charge in [-0.05, 0) is 30.5 Å². The number of sulfonamides is 1. The van der Waals surface area contributed by atoms with Gasteiger partial charge in [0, 0.05) is 11.9 Å². The van der Waals surface area contributed by atoms with Gasteiger partial charge in [0.25, 0.3) is 0 Å². The van der Waals surface area contributed by atoms with Gasteiger partial charge in [0.1, 0.15) is 16.4 Å². The Bertz CT molecular complexity index is 746. The number of anilines is 1. The highest BCUT2D eigenvalue weighted by molar-refractivity contribution is 7.89. The van der Waals surface area contributed by atoms with Crippen molar-refractivity contribution in [1.29, 1.82) is 0 Å². The molecule has 0 radical (unpaired) electrons. The monoisotopic (exact) mass is 332 g/mol. The molecule has 21 heavy (non-hydrogen) atoms. The fraction of sp³-hybridized carbons (Fsp3) is 0.231. The van der Waals surface area contributed by atoms with Gasteiger partial charge in [-0.2, -0.15) is 4.31 Å². The smallest absolute Gasteiger partial charge is 0.246 e. The summed E-state index contributed by atoms with van der Waals surface area (Å²) < 4.78 is 53.1. The maximum absolute atomic E-state index is 14.0. The summed E-state index contributed by atoms with van der Waals surface area (Å²) in [5.74, 6) is -2.25. The van der Waals surface area contributed by atoms with E-state index < -0.39 is 38.3 Å². The molecule has 8 heteroatoms. The zero-order valence-electron chi connectivity index (χ0n) is 11.4. The van der Waals surface area contributed by atoms with Crippen LogP contribution in [0.25, 0.3) is 0 Å². The summed E-state index contributed by atoms with van der Waals surface area (Å²) in [5.41, 5.74) is 4.42. The van der Waals surface area contributed by atoms with Crippen LogP contribution in [-0.4, -0.2) is 19.8 Å². The number of hydrogen-bond acceptors (Lipinski definition) is 4. The molecule has 0 fully saturated rings. The summed E-state index contributed by atoms with van der Waals surface area (Å²) in [6.45, 7) is 1.69. The van der Waals surface area contributed by atoms with Crippen molar-refractivity contribution in [3.05, 3.63) is 46.2 Å². The maximum Gasteiger partial charge on any atom is 0.246 e. The fourth-order valence-corrected chi connectivity index (χ4v) is 4.13. The van der Waals surface area contributed by atoms with Crippen molar-refractivity contribution in [2.45, 2.75) is 17.9 Å². The van der Waals surface area contributed by atoms with Gasteiger partial charge >= 0.3 is 0 Å². The lowest BCUT2D eigenvalue weighted by molar-refractivity contribution is 0.399. The Labute approximate surface area is 125 Å². The zero-order valence-corrected chi connectivity index (χ0v) is 13.0. The number of nitrogens with zero attached hydrogens (tertiary/aromatic N) is 1. The highest BCUT2D eigenvalue weighted by atomic mass is 32.2. The molecule has 1 aromatic carbocycles. The van der Waals surface area contributed by atoms with Gasteiger partial charge in [0.15, 0.2) is 5.82 Å². The second-order valence-electron chi connectivity index (χ2n) is 4.49. The highest BCUT2D eigenvalue weighted by Crippen LogP contribution is 2.31. The number of nitrogens with two attached hydrogens (primary N) is 1. The first-order valence-electron chi connectivity index (χ1n) is 6.01. The predicted molar refractivity (Wildman–Crippen MR) is 78.5 cm³/mol. The van der Waals surface area contributed by atoms with Crippen LogP contribution < -0.4 is 5.73 Å². The number of nitrogen functional groups attached to an aromatic ring is 1. The van der Waals surface area contributed by atoms with E-state index in [0.717, 1.165) is 21.3 Å². The zero-order chi connectivity index (χ0) is 15.8. The number of rotatable bonds is 4. The second-order valence-corrected chi connectivity index (χ2v) is 7.43. The Morgan fingerprint density at radius 2 is 1.95 bits per heavy atom. The minimum Gasteiger partial charge on any atom is -0.394 e. The topological polar surface area (TPSA) is 63.4 Å². The third kappa shape index (κ3) is 2.78. The van der Waals surface area contributed by atoms with Crippen LogP contribution >= 0.6 is 11.3 Å².